The van der Waals surface area contributed by atoms with Crippen LogP contribution in [0.1, 0.15) is 12.0 Å². The summed E-state index contributed by atoms with van der Waals surface area (Å²) in [5, 5.41) is -2.10. The predicted octanol–water partition coefficient (Wildman–Crippen LogP) is 3.84. The molecule has 1 atom stereocenters. The molecule has 1 N–H and O–H groups in total. The highest BCUT2D eigenvalue weighted by Gasteiger charge is 2.45. The molecule has 0 bridgehead atoms. The van der Waals surface area contributed by atoms with E-state index in [-0.39, 0.29) is 22.8 Å². The highest BCUT2D eigenvalue weighted by molar-refractivity contribution is 7.93. The smallest absolute Gasteiger partial charge is 0.283 e. The Morgan fingerprint density at radius 2 is 1.72 bits per heavy atom. The number of benzene rings is 2. The second-order valence-electron chi connectivity index (χ2n) is 7.46. The number of nitrogens with one attached hydrogen (secondary N) is 1. The predicted molar refractivity (Wildman–Crippen MR) is 115 cm³/mol. The Bertz CT molecular complexity index is 1310. The van der Waals surface area contributed by atoms with Crippen molar-refractivity contribution in [3.63, 3.8) is 0 Å². The summed E-state index contributed by atoms with van der Waals surface area (Å²) < 4.78 is 96.2. The molecule has 0 saturated carbocycles. The van der Waals surface area contributed by atoms with Gasteiger partial charge in [0.15, 0.2) is 5.25 Å². The second-order valence-corrected chi connectivity index (χ2v) is 11.1. The molecule has 0 radical (unpaired) electrons. The second kappa shape index (κ2) is 7.96. The maximum atomic E-state index is 14.1. The van der Waals surface area contributed by atoms with Crippen LogP contribution in [-0.2, 0) is 26.5 Å². The molecule has 170 valence electrons. The Labute approximate surface area is 184 Å². The summed E-state index contributed by atoms with van der Waals surface area (Å²) in [5.74, 6) is -4.17. The number of nitrogens with zero attached hydrogens (tertiary/aromatic N) is 1. The van der Waals surface area contributed by atoms with Crippen LogP contribution in [0.5, 0.6) is 0 Å². The van der Waals surface area contributed by atoms with Gasteiger partial charge in [-0.1, -0.05) is 24.3 Å². The lowest BCUT2D eigenvalue weighted by atomic mass is 10.0. The van der Waals surface area contributed by atoms with Gasteiger partial charge in [-0.15, -0.1) is 0 Å². The van der Waals surface area contributed by atoms with Crippen molar-refractivity contribution < 1.29 is 30.0 Å². The number of aryl methyl sites for hydroxylation is 1. The van der Waals surface area contributed by atoms with E-state index in [2.05, 4.69) is 4.72 Å². The number of sulfonamides is 2. The van der Waals surface area contributed by atoms with Gasteiger partial charge < -0.3 is 0 Å². The Morgan fingerprint density at radius 3 is 2.41 bits per heavy atom. The summed E-state index contributed by atoms with van der Waals surface area (Å²) in [6.07, 6.45) is 4.80. The van der Waals surface area contributed by atoms with Crippen LogP contribution in [-0.4, -0.2) is 34.6 Å². The van der Waals surface area contributed by atoms with Gasteiger partial charge >= 0.3 is 0 Å². The minimum atomic E-state index is -4.53. The van der Waals surface area contributed by atoms with Crippen LogP contribution in [0, 0.1) is 5.82 Å². The summed E-state index contributed by atoms with van der Waals surface area (Å²) >= 11 is 0. The van der Waals surface area contributed by atoms with E-state index < -0.39 is 37.0 Å². The van der Waals surface area contributed by atoms with E-state index in [1.54, 1.807) is 6.07 Å². The van der Waals surface area contributed by atoms with Crippen LogP contribution in [0.25, 0.3) is 0 Å². The zero-order valence-corrected chi connectivity index (χ0v) is 18.2. The van der Waals surface area contributed by atoms with Crippen LogP contribution < -0.4 is 9.03 Å². The maximum absolute atomic E-state index is 14.1. The monoisotopic (exact) mass is 484 g/mol. The molecular weight excluding hydrogens is 465 g/mol. The van der Waals surface area contributed by atoms with Crippen molar-refractivity contribution in [1.82, 2.24) is 0 Å². The minimum absolute atomic E-state index is 0.0382. The van der Waals surface area contributed by atoms with E-state index in [9.17, 15) is 30.0 Å². The SMILES string of the molecule is O=S(=O)(Nc1ccc2c(c1)N(S(=O)(=O)c1ccc(F)cc1)CCC2)C1C=CC=CC1(F)F. The first-order valence-electron chi connectivity index (χ1n) is 9.67. The van der Waals surface area contributed by atoms with Crippen LogP contribution >= 0.6 is 0 Å². The number of alkyl halides is 2. The molecular formula is C21H19F3N2O4S2. The van der Waals surface area contributed by atoms with Crippen LogP contribution in [0.15, 0.2) is 71.7 Å². The molecule has 2 aromatic rings. The Morgan fingerprint density at radius 1 is 1.00 bits per heavy atom. The summed E-state index contributed by atoms with van der Waals surface area (Å²) in [7, 11) is -8.57. The van der Waals surface area contributed by atoms with Crippen molar-refractivity contribution in [3.05, 3.63) is 78.1 Å². The average Bonchev–Trinajstić information content (AvgIpc) is 2.72. The molecule has 0 aromatic heterocycles. The van der Waals surface area contributed by atoms with E-state index in [1.165, 1.54) is 18.2 Å². The van der Waals surface area contributed by atoms with Gasteiger partial charge in [-0.25, -0.2) is 30.0 Å². The molecule has 0 amide bonds. The maximum Gasteiger partial charge on any atom is 0.288 e. The molecule has 11 heteroatoms. The molecule has 1 aliphatic heterocycles. The molecule has 2 aliphatic rings. The third kappa shape index (κ3) is 4.14. The molecule has 1 aliphatic carbocycles. The highest BCUT2D eigenvalue weighted by atomic mass is 32.2. The topological polar surface area (TPSA) is 83.6 Å². The van der Waals surface area contributed by atoms with Crippen LogP contribution in [0.3, 0.4) is 0 Å². The summed E-state index contributed by atoms with van der Waals surface area (Å²) in [6, 6.07) is 8.66. The standard InChI is InChI=1S/C21H19F3N2O4S2/c22-16-7-10-18(11-8-16)32(29,30)26-13-3-4-15-6-9-17(14-19(15)26)25-31(27,28)20-5-1-2-12-21(20,23)24/h1-2,5-12,14,20,25H,3-4,13H2. The van der Waals surface area contributed by atoms with Gasteiger partial charge in [0.25, 0.3) is 15.9 Å². The van der Waals surface area contributed by atoms with Gasteiger partial charge in [0.2, 0.25) is 10.0 Å². The van der Waals surface area contributed by atoms with Gasteiger partial charge in [0, 0.05) is 6.54 Å². The first-order chi connectivity index (χ1) is 15.0. The first-order valence-corrected chi connectivity index (χ1v) is 12.7. The Balaban J connectivity index is 1.68. The molecule has 0 spiro atoms. The van der Waals surface area contributed by atoms with E-state index >= 15 is 0 Å². The molecule has 6 nitrogen and oxygen atoms in total. The quantitative estimate of drug-likeness (QED) is 0.699. The van der Waals surface area contributed by atoms with Crippen LogP contribution in [0.4, 0.5) is 24.5 Å². The fourth-order valence-corrected chi connectivity index (χ4v) is 6.60. The van der Waals surface area contributed by atoms with E-state index in [0.29, 0.717) is 24.5 Å². The van der Waals surface area contributed by atoms with Gasteiger partial charge in [-0.05, 0) is 60.9 Å². The molecule has 0 fully saturated rings. The lowest BCUT2D eigenvalue weighted by molar-refractivity contribution is 0.0609. The summed E-state index contributed by atoms with van der Waals surface area (Å²) in [4.78, 5) is -0.114. The number of hydrogen-bond donors (Lipinski definition) is 1. The number of allylic oxidation sites excluding steroid dienone is 3. The molecule has 1 unspecified atom stereocenters. The van der Waals surface area contributed by atoms with E-state index in [1.807, 2.05) is 0 Å². The number of fused-ring (bicyclic) bond motifs is 1. The third-order valence-electron chi connectivity index (χ3n) is 5.25. The largest absolute Gasteiger partial charge is 0.288 e. The van der Waals surface area contributed by atoms with Gasteiger partial charge in [0.05, 0.1) is 16.3 Å². The third-order valence-corrected chi connectivity index (χ3v) is 8.74. The van der Waals surface area contributed by atoms with Crippen molar-refractivity contribution in [2.45, 2.75) is 28.9 Å². The molecule has 2 aromatic carbocycles. The number of halogens is 3. The fourth-order valence-electron chi connectivity index (χ4n) is 3.70. The average molecular weight is 485 g/mol. The normalized spacial score (nSPS) is 20.1. The van der Waals surface area contributed by atoms with E-state index in [0.717, 1.165) is 40.7 Å². The Kier molecular flexibility index (Phi) is 5.58. The highest BCUT2D eigenvalue weighted by Crippen LogP contribution is 2.36. The van der Waals surface area contributed by atoms with Crippen LogP contribution in [0.2, 0.25) is 0 Å². The summed E-state index contributed by atoms with van der Waals surface area (Å²) in [6.45, 7) is 0.136. The van der Waals surface area contributed by atoms with Crippen molar-refractivity contribution in [2.24, 2.45) is 0 Å². The van der Waals surface area contributed by atoms with Gasteiger partial charge in [0.1, 0.15) is 5.82 Å². The zero-order chi connectivity index (χ0) is 23.1. The number of hydrogen-bond acceptors (Lipinski definition) is 4. The first kappa shape index (κ1) is 22.4. The lowest BCUT2D eigenvalue weighted by Gasteiger charge is -2.31. The molecule has 32 heavy (non-hydrogen) atoms. The van der Waals surface area contributed by atoms with Crippen molar-refractivity contribution in [3.8, 4) is 0 Å². The zero-order valence-electron chi connectivity index (χ0n) is 16.6. The number of rotatable bonds is 5. The van der Waals surface area contributed by atoms with Crippen molar-refractivity contribution in [1.29, 1.82) is 0 Å². The minimum Gasteiger partial charge on any atom is -0.283 e. The van der Waals surface area contributed by atoms with Crippen molar-refractivity contribution >= 4 is 31.4 Å². The van der Waals surface area contributed by atoms with Crippen molar-refractivity contribution in [2.75, 3.05) is 15.6 Å². The molecule has 0 saturated heterocycles. The molecule has 1 heterocycles. The van der Waals surface area contributed by atoms with Gasteiger partial charge in [-0.2, -0.15) is 0 Å². The number of anilines is 2. The molecule has 4 rings (SSSR count). The summed E-state index contributed by atoms with van der Waals surface area (Å²) in [5.41, 5.74) is 0.867. The van der Waals surface area contributed by atoms with Gasteiger partial charge in [-0.3, -0.25) is 9.03 Å². The Hall–Kier alpha value is -2.79. The van der Waals surface area contributed by atoms with E-state index in [4.69, 9.17) is 0 Å². The fraction of sp³-hybridized carbons (Fsp3) is 0.238. The lowest BCUT2D eigenvalue weighted by Crippen LogP contribution is -2.41.